The monoisotopic (exact) mass is 277 g/mol. The SMILES string of the molecule is CCCCN(C)C(=O)C(C)n1nc(C2CC2)ccc1=O. The van der Waals surface area contributed by atoms with Crippen molar-refractivity contribution in [1.29, 1.82) is 0 Å². The van der Waals surface area contributed by atoms with Crippen LogP contribution in [-0.4, -0.2) is 34.2 Å². The first-order valence-corrected chi connectivity index (χ1v) is 7.39. The Morgan fingerprint density at radius 1 is 1.50 bits per heavy atom. The van der Waals surface area contributed by atoms with Gasteiger partial charge in [0, 0.05) is 25.6 Å². The van der Waals surface area contributed by atoms with Gasteiger partial charge < -0.3 is 4.90 Å². The Labute approximate surface area is 119 Å². The zero-order valence-corrected chi connectivity index (χ0v) is 12.5. The molecule has 0 bridgehead atoms. The van der Waals surface area contributed by atoms with E-state index in [0.717, 1.165) is 37.9 Å². The average molecular weight is 277 g/mol. The second-order valence-electron chi connectivity index (χ2n) is 5.60. The lowest BCUT2D eigenvalue weighted by Crippen LogP contribution is -2.38. The van der Waals surface area contributed by atoms with Crippen molar-refractivity contribution in [2.75, 3.05) is 13.6 Å². The Kier molecular flexibility index (Phi) is 4.57. The van der Waals surface area contributed by atoms with Gasteiger partial charge in [-0.05, 0) is 32.3 Å². The number of aromatic nitrogens is 2. The number of nitrogens with zero attached hydrogens (tertiary/aromatic N) is 3. The van der Waals surface area contributed by atoms with Crippen LogP contribution in [0.2, 0.25) is 0 Å². The van der Waals surface area contributed by atoms with Gasteiger partial charge in [-0.1, -0.05) is 13.3 Å². The molecule has 1 unspecified atom stereocenters. The van der Waals surface area contributed by atoms with Crippen LogP contribution in [0.15, 0.2) is 16.9 Å². The zero-order valence-electron chi connectivity index (χ0n) is 12.5. The molecule has 0 aliphatic heterocycles. The summed E-state index contributed by atoms with van der Waals surface area (Å²) in [6.07, 6.45) is 4.27. The molecular formula is C15H23N3O2. The van der Waals surface area contributed by atoms with E-state index in [2.05, 4.69) is 12.0 Å². The summed E-state index contributed by atoms with van der Waals surface area (Å²) in [5.74, 6) is 0.419. The van der Waals surface area contributed by atoms with Gasteiger partial charge in [-0.2, -0.15) is 5.10 Å². The number of carbonyl (C=O) groups is 1. The van der Waals surface area contributed by atoms with E-state index in [1.54, 1.807) is 24.9 Å². The number of likely N-dealkylation sites (N-methyl/N-ethyl adjacent to an activating group) is 1. The van der Waals surface area contributed by atoms with Gasteiger partial charge in [0.2, 0.25) is 5.91 Å². The highest BCUT2D eigenvalue weighted by atomic mass is 16.2. The number of amides is 1. The summed E-state index contributed by atoms with van der Waals surface area (Å²) >= 11 is 0. The molecule has 1 aromatic rings. The van der Waals surface area contributed by atoms with Crippen LogP contribution >= 0.6 is 0 Å². The first kappa shape index (κ1) is 14.8. The minimum Gasteiger partial charge on any atom is -0.344 e. The maximum Gasteiger partial charge on any atom is 0.267 e. The molecule has 1 aromatic heterocycles. The van der Waals surface area contributed by atoms with Gasteiger partial charge in [0.05, 0.1) is 5.69 Å². The largest absolute Gasteiger partial charge is 0.344 e. The van der Waals surface area contributed by atoms with Crippen molar-refractivity contribution >= 4 is 5.91 Å². The third-order valence-electron chi connectivity index (χ3n) is 3.79. The molecule has 1 saturated carbocycles. The van der Waals surface area contributed by atoms with Gasteiger partial charge in [-0.15, -0.1) is 0 Å². The lowest BCUT2D eigenvalue weighted by atomic mass is 10.2. The van der Waals surface area contributed by atoms with Crippen molar-refractivity contribution in [1.82, 2.24) is 14.7 Å². The Balaban J connectivity index is 2.15. The van der Waals surface area contributed by atoms with Crippen LogP contribution in [0.5, 0.6) is 0 Å². The van der Waals surface area contributed by atoms with Crippen LogP contribution < -0.4 is 5.56 Å². The van der Waals surface area contributed by atoms with Crippen LogP contribution in [0, 0.1) is 0 Å². The Morgan fingerprint density at radius 2 is 2.20 bits per heavy atom. The number of unbranched alkanes of at least 4 members (excludes halogenated alkanes) is 1. The van der Waals surface area contributed by atoms with Gasteiger partial charge in [0.25, 0.3) is 5.56 Å². The lowest BCUT2D eigenvalue weighted by Gasteiger charge is -2.22. The van der Waals surface area contributed by atoms with Crippen LogP contribution in [0.1, 0.15) is 57.2 Å². The summed E-state index contributed by atoms with van der Waals surface area (Å²) in [7, 11) is 1.78. The predicted octanol–water partition coefficient (Wildman–Crippen LogP) is 1.94. The quantitative estimate of drug-likeness (QED) is 0.798. The van der Waals surface area contributed by atoms with Crippen molar-refractivity contribution in [2.24, 2.45) is 0 Å². The Bertz CT molecular complexity index is 534. The fraction of sp³-hybridized carbons (Fsp3) is 0.667. The normalized spacial score (nSPS) is 15.9. The second-order valence-corrected chi connectivity index (χ2v) is 5.60. The lowest BCUT2D eigenvalue weighted by molar-refractivity contribution is -0.133. The van der Waals surface area contributed by atoms with Gasteiger partial charge in [0.15, 0.2) is 0 Å². The molecule has 0 aromatic carbocycles. The van der Waals surface area contributed by atoms with E-state index in [9.17, 15) is 9.59 Å². The van der Waals surface area contributed by atoms with Crippen LogP contribution in [0.25, 0.3) is 0 Å². The molecule has 2 rings (SSSR count). The molecule has 0 N–H and O–H groups in total. The van der Waals surface area contributed by atoms with Gasteiger partial charge in [-0.25, -0.2) is 4.68 Å². The molecule has 5 nitrogen and oxygen atoms in total. The molecule has 1 aliphatic carbocycles. The molecule has 5 heteroatoms. The van der Waals surface area contributed by atoms with Gasteiger partial charge in [0.1, 0.15) is 6.04 Å². The van der Waals surface area contributed by atoms with E-state index >= 15 is 0 Å². The molecular weight excluding hydrogens is 254 g/mol. The molecule has 20 heavy (non-hydrogen) atoms. The molecule has 1 atom stereocenters. The minimum atomic E-state index is -0.539. The molecule has 0 radical (unpaired) electrons. The van der Waals surface area contributed by atoms with Crippen molar-refractivity contribution in [3.63, 3.8) is 0 Å². The van der Waals surface area contributed by atoms with Gasteiger partial charge in [-0.3, -0.25) is 9.59 Å². The second kappa shape index (κ2) is 6.20. The van der Waals surface area contributed by atoms with E-state index in [0.29, 0.717) is 5.92 Å². The molecule has 0 spiro atoms. The Morgan fingerprint density at radius 3 is 2.80 bits per heavy atom. The predicted molar refractivity (Wildman–Crippen MR) is 77.7 cm³/mol. The van der Waals surface area contributed by atoms with E-state index in [-0.39, 0.29) is 11.5 Å². The summed E-state index contributed by atoms with van der Waals surface area (Å²) in [6.45, 7) is 4.56. The number of rotatable bonds is 6. The van der Waals surface area contributed by atoms with E-state index < -0.39 is 6.04 Å². The fourth-order valence-electron chi connectivity index (χ4n) is 2.24. The third kappa shape index (κ3) is 3.26. The van der Waals surface area contributed by atoms with E-state index in [4.69, 9.17) is 0 Å². The van der Waals surface area contributed by atoms with Crippen molar-refractivity contribution in [2.45, 2.75) is 51.5 Å². The standard InChI is InChI=1S/C15H23N3O2/c1-4-5-10-17(3)15(20)11(2)18-14(19)9-8-13(16-18)12-6-7-12/h8-9,11-12H,4-7,10H2,1-3H3. The van der Waals surface area contributed by atoms with Crippen LogP contribution in [0.4, 0.5) is 0 Å². The molecule has 1 amide bonds. The van der Waals surface area contributed by atoms with Crippen molar-refractivity contribution < 1.29 is 4.79 Å². The summed E-state index contributed by atoms with van der Waals surface area (Å²) in [6, 6.07) is 2.77. The smallest absolute Gasteiger partial charge is 0.267 e. The third-order valence-corrected chi connectivity index (χ3v) is 3.79. The first-order chi connectivity index (χ1) is 9.54. The first-order valence-electron chi connectivity index (χ1n) is 7.39. The van der Waals surface area contributed by atoms with E-state index in [1.807, 2.05) is 0 Å². The molecule has 0 saturated heterocycles. The summed E-state index contributed by atoms with van der Waals surface area (Å²) in [4.78, 5) is 25.9. The molecule has 1 heterocycles. The molecule has 1 aliphatic rings. The zero-order chi connectivity index (χ0) is 14.7. The highest BCUT2D eigenvalue weighted by molar-refractivity contribution is 5.79. The highest BCUT2D eigenvalue weighted by Crippen LogP contribution is 2.38. The van der Waals surface area contributed by atoms with Crippen molar-refractivity contribution in [3.05, 3.63) is 28.2 Å². The summed E-state index contributed by atoms with van der Waals surface area (Å²) in [5.41, 5.74) is 0.722. The van der Waals surface area contributed by atoms with E-state index in [1.165, 1.54) is 10.7 Å². The maximum atomic E-state index is 12.3. The topological polar surface area (TPSA) is 55.2 Å². The number of hydrogen-bond acceptors (Lipinski definition) is 3. The average Bonchev–Trinajstić information content (AvgIpc) is 3.28. The molecule has 110 valence electrons. The minimum absolute atomic E-state index is 0.0546. The summed E-state index contributed by atoms with van der Waals surface area (Å²) < 4.78 is 1.33. The van der Waals surface area contributed by atoms with Crippen LogP contribution in [-0.2, 0) is 4.79 Å². The Hall–Kier alpha value is -1.65. The van der Waals surface area contributed by atoms with Crippen molar-refractivity contribution in [3.8, 4) is 0 Å². The maximum absolute atomic E-state index is 12.3. The van der Waals surface area contributed by atoms with Crippen LogP contribution in [0.3, 0.4) is 0 Å². The van der Waals surface area contributed by atoms with Gasteiger partial charge >= 0.3 is 0 Å². The number of carbonyl (C=O) groups excluding carboxylic acids is 1. The fourth-order valence-corrected chi connectivity index (χ4v) is 2.24. The molecule has 1 fully saturated rings. The summed E-state index contributed by atoms with van der Waals surface area (Å²) in [5, 5.41) is 4.37. The number of hydrogen-bond donors (Lipinski definition) is 0. The highest BCUT2D eigenvalue weighted by Gasteiger charge is 2.27.